The molecule has 19 heavy (non-hydrogen) atoms. The van der Waals surface area contributed by atoms with Gasteiger partial charge in [0.1, 0.15) is 5.76 Å². The number of aryl methyl sites for hydroxylation is 2. The Bertz CT molecular complexity index is 531. The minimum absolute atomic E-state index is 0.0266. The largest absolute Gasteiger partial charge is 0.361 e. The number of aromatic nitrogens is 1. The molecule has 0 bridgehead atoms. The third kappa shape index (κ3) is 3.00. The lowest BCUT2D eigenvalue weighted by Gasteiger charge is -2.24. The quantitative estimate of drug-likeness (QED) is 0.915. The molecule has 1 aromatic heterocycles. The van der Waals surface area contributed by atoms with E-state index in [9.17, 15) is 8.42 Å². The van der Waals surface area contributed by atoms with Crippen molar-refractivity contribution in [3.05, 3.63) is 17.0 Å². The fourth-order valence-corrected chi connectivity index (χ4v) is 4.55. The van der Waals surface area contributed by atoms with Crippen molar-refractivity contribution >= 4 is 9.84 Å². The molecule has 1 aromatic rings. The van der Waals surface area contributed by atoms with E-state index in [0.717, 1.165) is 36.3 Å². The summed E-state index contributed by atoms with van der Waals surface area (Å²) in [6.45, 7) is 5.83. The Labute approximate surface area is 114 Å². The van der Waals surface area contributed by atoms with Gasteiger partial charge in [0, 0.05) is 23.9 Å². The van der Waals surface area contributed by atoms with Gasteiger partial charge in [0.05, 0.1) is 10.9 Å². The molecule has 1 saturated carbocycles. The van der Waals surface area contributed by atoms with E-state index in [1.165, 1.54) is 6.26 Å². The molecule has 6 heteroatoms. The Balaban J connectivity index is 2.13. The van der Waals surface area contributed by atoms with Gasteiger partial charge < -0.3 is 9.84 Å². The second-order valence-corrected chi connectivity index (χ2v) is 7.80. The molecule has 1 heterocycles. The van der Waals surface area contributed by atoms with Gasteiger partial charge in [-0.1, -0.05) is 11.6 Å². The van der Waals surface area contributed by atoms with Crippen LogP contribution in [-0.2, 0) is 9.84 Å². The van der Waals surface area contributed by atoms with Crippen LogP contribution in [0.5, 0.6) is 0 Å². The van der Waals surface area contributed by atoms with Crippen molar-refractivity contribution in [2.75, 3.05) is 6.26 Å². The predicted molar refractivity (Wildman–Crippen MR) is 73.8 cm³/mol. The summed E-state index contributed by atoms with van der Waals surface area (Å²) in [7, 11) is -2.99. The third-order valence-electron chi connectivity index (χ3n) is 3.99. The van der Waals surface area contributed by atoms with Crippen molar-refractivity contribution in [2.24, 2.45) is 0 Å². The molecule has 1 N–H and O–H groups in total. The number of hydrogen-bond donors (Lipinski definition) is 1. The van der Waals surface area contributed by atoms with Gasteiger partial charge in [-0.25, -0.2) is 8.42 Å². The van der Waals surface area contributed by atoms with E-state index in [0.29, 0.717) is 0 Å². The Hall–Kier alpha value is -0.880. The molecule has 2 rings (SSSR count). The van der Waals surface area contributed by atoms with Gasteiger partial charge in [-0.05, 0) is 33.6 Å². The molecule has 108 valence electrons. The Morgan fingerprint density at radius 1 is 1.37 bits per heavy atom. The monoisotopic (exact) mass is 286 g/mol. The smallest absolute Gasteiger partial charge is 0.151 e. The lowest BCUT2D eigenvalue weighted by molar-refractivity contribution is 0.388. The molecular formula is C13H22N2O3S. The first-order valence-corrected chi connectivity index (χ1v) is 8.64. The molecule has 0 aromatic carbocycles. The second kappa shape index (κ2) is 5.25. The second-order valence-electron chi connectivity index (χ2n) is 5.53. The highest BCUT2D eigenvalue weighted by atomic mass is 32.2. The van der Waals surface area contributed by atoms with Crippen molar-refractivity contribution in [1.82, 2.24) is 10.5 Å². The summed E-state index contributed by atoms with van der Waals surface area (Å²) in [5, 5.41) is 7.12. The van der Waals surface area contributed by atoms with Crippen LogP contribution in [0.4, 0.5) is 0 Å². The zero-order valence-electron chi connectivity index (χ0n) is 11.9. The lowest BCUT2D eigenvalue weighted by atomic mass is 10.1. The van der Waals surface area contributed by atoms with Crippen molar-refractivity contribution in [1.29, 1.82) is 0 Å². The van der Waals surface area contributed by atoms with E-state index in [2.05, 4.69) is 10.5 Å². The molecule has 1 fully saturated rings. The molecule has 0 amide bonds. The normalized spacial score (nSPS) is 25.7. The topological polar surface area (TPSA) is 72.2 Å². The van der Waals surface area contributed by atoms with Crippen LogP contribution in [0.15, 0.2) is 4.52 Å². The van der Waals surface area contributed by atoms with Crippen LogP contribution in [0, 0.1) is 13.8 Å². The predicted octanol–water partition coefficient (Wildman–Crippen LogP) is 1.91. The zero-order valence-corrected chi connectivity index (χ0v) is 12.8. The first-order valence-electron chi connectivity index (χ1n) is 6.68. The third-order valence-corrected chi connectivity index (χ3v) is 5.65. The van der Waals surface area contributed by atoms with Gasteiger partial charge in [-0.15, -0.1) is 0 Å². The Kier molecular flexibility index (Phi) is 4.01. The first kappa shape index (κ1) is 14.5. The summed E-state index contributed by atoms with van der Waals surface area (Å²) in [5.41, 5.74) is 1.91. The molecule has 3 atom stereocenters. The maximum Gasteiger partial charge on any atom is 0.151 e. The Morgan fingerprint density at radius 2 is 2.05 bits per heavy atom. The summed E-state index contributed by atoms with van der Waals surface area (Å²) in [6.07, 6.45) is 3.96. The number of rotatable bonds is 4. The fourth-order valence-electron chi connectivity index (χ4n) is 3.14. The van der Waals surface area contributed by atoms with E-state index in [1.54, 1.807) is 0 Å². The molecule has 0 spiro atoms. The lowest BCUT2D eigenvalue weighted by Crippen LogP contribution is -2.41. The minimum atomic E-state index is -2.99. The molecule has 3 unspecified atom stereocenters. The maximum absolute atomic E-state index is 11.8. The summed E-state index contributed by atoms with van der Waals surface area (Å²) in [5.74, 6) is 0.798. The van der Waals surface area contributed by atoms with Crippen LogP contribution in [0.2, 0.25) is 0 Å². The van der Waals surface area contributed by atoms with Gasteiger partial charge in [-0.3, -0.25) is 0 Å². The van der Waals surface area contributed by atoms with Crippen molar-refractivity contribution < 1.29 is 12.9 Å². The highest BCUT2D eigenvalue weighted by molar-refractivity contribution is 7.91. The van der Waals surface area contributed by atoms with Gasteiger partial charge in [0.25, 0.3) is 0 Å². The van der Waals surface area contributed by atoms with Crippen LogP contribution in [0.3, 0.4) is 0 Å². The molecular weight excluding hydrogens is 264 g/mol. The zero-order chi connectivity index (χ0) is 14.2. The van der Waals surface area contributed by atoms with Crippen LogP contribution in [0.25, 0.3) is 0 Å². The maximum atomic E-state index is 11.8. The highest BCUT2D eigenvalue weighted by Gasteiger charge is 2.35. The highest BCUT2D eigenvalue weighted by Crippen LogP contribution is 2.29. The minimum Gasteiger partial charge on any atom is -0.361 e. The summed E-state index contributed by atoms with van der Waals surface area (Å²) < 4.78 is 28.7. The number of nitrogens with one attached hydrogen (secondary N) is 1. The average Bonchev–Trinajstić information content (AvgIpc) is 2.85. The van der Waals surface area contributed by atoms with Crippen LogP contribution < -0.4 is 5.32 Å². The van der Waals surface area contributed by atoms with Crippen LogP contribution in [0.1, 0.15) is 49.2 Å². The van der Waals surface area contributed by atoms with E-state index in [-0.39, 0.29) is 17.3 Å². The van der Waals surface area contributed by atoms with Gasteiger partial charge in [0.2, 0.25) is 0 Å². The molecule has 0 saturated heterocycles. The van der Waals surface area contributed by atoms with Crippen molar-refractivity contribution in [3.63, 3.8) is 0 Å². The van der Waals surface area contributed by atoms with E-state index in [4.69, 9.17) is 4.52 Å². The standard InChI is InChI=1S/C13H22N2O3S/c1-8(13-9(2)15-18-10(13)3)14-11-6-5-7-12(11)19(4,16)17/h8,11-12,14H,5-7H2,1-4H3. The molecule has 5 nitrogen and oxygen atoms in total. The van der Waals surface area contributed by atoms with Crippen LogP contribution in [-0.4, -0.2) is 31.1 Å². The van der Waals surface area contributed by atoms with Crippen molar-refractivity contribution in [2.45, 2.75) is 57.4 Å². The molecule has 0 aliphatic heterocycles. The fraction of sp³-hybridized carbons (Fsp3) is 0.769. The van der Waals surface area contributed by atoms with Gasteiger partial charge in [0.15, 0.2) is 9.84 Å². The Morgan fingerprint density at radius 3 is 2.58 bits per heavy atom. The summed E-state index contributed by atoms with van der Waals surface area (Å²) in [4.78, 5) is 0. The van der Waals surface area contributed by atoms with E-state index >= 15 is 0 Å². The van der Waals surface area contributed by atoms with E-state index in [1.807, 2.05) is 20.8 Å². The SMILES string of the molecule is Cc1noc(C)c1C(C)NC1CCCC1S(C)(=O)=O. The number of hydrogen-bond acceptors (Lipinski definition) is 5. The summed E-state index contributed by atoms with van der Waals surface area (Å²) in [6, 6.07) is 0.0808. The molecule has 0 radical (unpaired) electrons. The number of sulfone groups is 1. The van der Waals surface area contributed by atoms with Gasteiger partial charge in [-0.2, -0.15) is 0 Å². The first-order chi connectivity index (χ1) is 8.80. The van der Waals surface area contributed by atoms with Gasteiger partial charge >= 0.3 is 0 Å². The van der Waals surface area contributed by atoms with E-state index < -0.39 is 9.84 Å². The molecule has 1 aliphatic carbocycles. The molecule has 1 aliphatic rings. The van der Waals surface area contributed by atoms with Crippen molar-refractivity contribution in [3.8, 4) is 0 Å². The number of nitrogens with zero attached hydrogens (tertiary/aromatic N) is 1. The average molecular weight is 286 g/mol. The summed E-state index contributed by atoms with van der Waals surface area (Å²) >= 11 is 0. The van der Waals surface area contributed by atoms with Crippen LogP contribution >= 0.6 is 0 Å².